The molecule has 0 rings (SSSR count). The lowest BCUT2D eigenvalue weighted by Crippen LogP contribution is -2.24. The molecule has 1 amide bonds. The van der Waals surface area contributed by atoms with Crippen molar-refractivity contribution in [3.05, 3.63) is 0 Å². The van der Waals surface area contributed by atoms with Crippen LogP contribution in [0.5, 0.6) is 0 Å². The van der Waals surface area contributed by atoms with Crippen LogP contribution in [0.15, 0.2) is 0 Å². The Kier molecular flexibility index (Phi) is 3.74. The fraction of sp³-hybridized carbons (Fsp3) is 0.750. The maximum Gasteiger partial charge on any atom is 0.404 e. The SMILES string of the molecule is NC(=O)OC[C@@H](O)CO. The Morgan fingerprint density at radius 2 is 2.33 bits per heavy atom. The summed E-state index contributed by atoms with van der Waals surface area (Å²) in [4.78, 5) is 9.83. The molecule has 5 nitrogen and oxygen atoms in total. The summed E-state index contributed by atoms with van der Waals surface area (Å²) in [6.07, 6.45) is -1.99. The molecule has 0 aromatic heterocycles. The predicted molar refractivity (Wildman–Crippen MR) is 28.6 cm³/mol. The largest absolute Gasteiger partial charge is 0.447 e. The van der Waals surface area contributed by atoms with Gasteiger partial charge in [0.25, 0.3) is 0 Å². The summed E-state index contributed by atoms with van der Waals surface area (Å²) in [5.41, 5.74) is 4.54. The molecule has 54 valence electrons. The number of aliphatic hydroxyl groups is 2. The molecule has 0 aromatic rings. The quantitative estimate of drug-likeness (QED) is 0.436. The van der Waals surface area contributed by atoms with Crippen molar-refractivity contribution < 1.29 is 19.7 Å². The number of carbonyl (C=O) groups excluding carboxylic acids is 1. The van der Waals surface area contributed by atoms with Gasteiger partial charge < -0.3 is 20.7 Å². The van der Waals surface area contributed by atoms with E-state index in [1.54, 1.807) is 0 Å². The Bertz CT molecular complexity index is 94.6. The molecule has 0 heterocycles. The summed E-state index contributed by atoms with van der Waals surface area (Å²) in [5, 5.41) is 16.7. The van der Waals surface area contributed by atoms with Crippen LogP contribution in [-0.2, 0) is 4.74 Å². The molecule has 1 atom stereocenters. The van der Waals surface area contributed by atoms with Crippen LogP contribution in [-0.4, -0.2) is 35.6 Å². The van der Waals surface area contributed by atoms with Crippen LogP contribution in [0.2, 0.25) is 0 Å². The summed E-state index contributed by atoms with van der Waals surface area (Å²) in [7, 11) is 0. The van der Waals surface area contributed by atoms with E-state index < -0.39 is 18.8 Å². The first kappa shape index (κ1) is 8.19. The second kappa shape index (κ2) is 4.11. The zero-order chi connectivity index (χ0) is 7.28. The normalized spacial score (nSPS) is 12.7. The van der Waals surface area contributed by atoms with Gasteiger partial charge in [0, 0.05) is 0 Å². The fourth-order valence-electron chi connectivity index (χ4n) is 0.231. The highest BCUT2D eigenvalue weighted by Gasteiger charge is 2.02. The third-order valence-corrected chi connectivity index (χ3v) is 0.629. The highest BCUT2D eigenvalue weighted by atomic mass is 16.6. The van der Waals surface area contributed by atoms with E-state index in [1.165, 1.54) is 0 Å². The third-order valence-electron chi connectivity index (χ3n) is 0.629. The van der Waals surface area contributed by atoms with Crippen molar-refractivity contribution in [2.75, 3.05) is 13.2 Å². The highest BCUT2D eigenvalue weighted by molar-refractivity contribution is 5.64. The number of hydrogen-bond acceptors (Lipinski definition) is 4. The maximum atomic E-state index is 9.83. The summed E-state index contributed by atoms with van der Waals surface area (Å²) < 4.78 is 4.12. The lowest BCUT2D eigenvalue weighted by atomic mass is 10.4. The van der Waals surface area contributed by atoms with Gasteiger partial charge in [0.15, 0.2) is 0 Å². The Hall–Kier alpha value is -0.810. The molecule has 0 fully saturated rings. The van der Waals surface area contributed by atoms with E-state index in [0.29, 0.717) is 0 Å². The van der Waals surface area contributed by atoms with Crippen molar-refractivity contribution in [1.82, 2.24) is 0 Å². The molecule has 9 heavy (non-hydrogen) atoms. The van der Waals surface area contributed by atoms with E-state index >= 15 is 0 Å². The fourth-order valence-corrected chi connectivity index (χ4v) is 0.231. The van der Waals surface area contributed by atoms with E-state index in [0.717, 1.165) is 0 Å². The van der Waals surface area contributed by atoms with Crippen LogP contribution in [0.1, 0.15) is 0 Å². The standard InChI is InChI=1S/C4H9NO4/c5-4(8)9-2-3(7)1-6/h3,6-7H,1-2H2,(H2,5,8)/t3-/m0/s1. The van der Waals surface area contributed by atoms with Gasteiger partial charge in [-0.1, -0.05) is 0 Å². The van der Waals surface area contributed by atoms with Crippen LogP contribution in [0.4, 0.5) is 4.79 Å². The monoisotopic (exact) mass is 135 g/mol. The average Bonchev–Trinajstić information content (AvgIpc) is 1.83. The first-order chi connectivity index (χ1) is 4.16. The van der Waals surface area contributed by atoms with Gasteiger partial charge in [-0.05, 0) is 0 Å². The molecule has 0 aromatic carbocycles. The van der Waals surface area contributed by atoms with Crippen molar-refractivity contribution >= 4 is 6.09 Å². The number of amides is 1. The summed E-state index contributed by atoms with van der Waals surface area (Å²) in [5.74, 6) is 0. The van der Waals surface area contributed by atoms with Gasteiger partial charge in [-0.3, -0.25) is 0 Å². The summed E-state index contributed by atoms with van der Waals surface area (Å²) in [6, 6.07) is 0. The minimum atomic E-state index is -1.03. The summed E-state index contributed by atoms with van der Waals surface area (Å²) >= 11 is 0. The maximum absolute atomic E-state index is 9.83. The Balaban J connectivity index is 3.16. The van der Waals surface area contributed by atoms with Gasteiger partial charge in [0.2, 0.25) is 0 Å². The lowest BCUT2D eigenvalue weighted by molar-refractivity contribution is 0.0349. The van der Waals surface area contributed by atoms with Crippen LogP contribution >= 0.6 is 0 Å². The van der Waals surface area contributed by atoms with Gasteiger partial charge in [-0.2, -0.15) is 0 Å². The number of ether oxygens (including phenoxy) is 1. The molecule has 0 spiro atoms. The Morgan fingerprint density at radius 3 is 2.67 bits per heavy atom. The van der Waals surface area contributed by atoms with Crippen LogP contribution < -0.4 is 5.73 Å². The molecule has 0 radical (unpaired) electrons. The van der Waals surface area contributed by atoms with Gasteiger partial charge >= 0.3 is 6.09 Å². The number of aliphatic hydroxyl groups excluding tert-OH is 2. The Labute approximate surface area is 52.0 Å². The molecule has 0 saturated carbocycles. The topological polar surface area (TPSA) is 92.8 Å². The number of carbonyl (C=O) groups is 1. The van der Waals surface area contributed by atoms with Crippen LogP contribution in [0, 0.1) is 0 Å². The van der Waals surface area contributed by atoms with Gasteiger partial charge in [0.05, 0.1) is 6.61 Å². The molecule has 4 N–H and O–H groups in total. The summed E-state index contributed by atoms with van der Waals surface area (Å²) in [6.45, 7) is -0.695. The Morgan fingerprint density at radius 1 is 1.78 bits per heavy atom. The molecule has 0 aliphatic heterocycles. The first-order valence-electron chi connectivity index (χ1n) is 2.38. The molecular formula is C4H9NO4. The van der Waals surface area contributed by atoms with Crippen molar-refractivity contribution in [3.8, 4) is 0 Å². The van der Waals surface area contributed by atoms with Gasteiger partial charge in [-0.15, -0.1) is 0 Å². The molecule has 0 bridgehead atoms. The molecule has 0 saturated heterocycles. The zero-order valence-electron chi connectivity index (χ0n) is 4.78. The highest BCUT2D eigenvalue weighted by Crippen LogP contribution is 1.81. The zero-order valence-corrected chi connectivity index (χ0v) is 4.78. The van der Waals surface area contributed by atoms with Gasteiger partial charge in [0.1, 0.15) is 12.7 Å². The number of rotatable bonds is 3. The van der Waals surface area contributed by atoms with Gasteiger partial charge in [-0.25, -0.2) is 4.79 Å². The second-order valence-electron chi connectivity index (χ2n) is 1.47. The molecule has 5 heteroatoms. The number of hydrogen-bond donors (Lipinski definition) is 3. The number of primary amides is 1. The van der Waals surface area contributed by atoms with Crippen molar-refractivity contribution in [1.29, 1.82) is 0 Å². The average molecular weight is 135 g/mol. The van der Waals surface area contributed by atoms with E-state index in [-0.39, 0.29) is 6.61 Å². The minimum absolute atomic E-state index is 0.258. The predicted octanol–water partition coefficient (Wildman–Crippen LogP) is -1.57. The molecule has 0 aliphatic rings. The number of nitrogens with two attached hydrogens (primary N) is 1. The van der Waals surface area contributed by atoms with Crippen molar-refractivity contribution in [2.45, 2.75) is 6.10 Å². The smallest absolute Gasteiger partial charge is 0.404 e. The third kappa shape index (κ3) is 5.05. The van der Waals surface area contributed by atoms with E-state index in [2.05, 4.69) is 10.5 Å². The van der Waals surface area contributed by atoms with Crippen molar-refractivity contribution in [2.24, 2.45) is 5.73 Å². The van der Waals surface area contributed by atoms with E-state index in [9.17, 15) is 4.79 Å². The van der Waals surface area contributed by atoms with Crippen molar-refractivity contribution in [3.63, 3.8) is 0 Å². The second-order valence-corrected chi connectivity index (χ2v) is 1.47. The van der Waals surface area contributed by atoms with Crippen LogP contribution in [0.25, 0.3) is 0 Å². The molecule has 0 aliphatic carbocycles. The van der Waals surface area contributed by atoms with E-state index in [1.807, 2.05) is 0 Å². The minimum Gasteiger partial charge on any atom is -0.447 e. The molecule has 0 unspecified atom stereocenters. The first-order valence-corrected chi connectivity index (χ1v) is 2.38. The molecular weight excluding hydrogens is 126 g/mol. The van der Waals surface area contributed by atoms with Crippen LogP contribution in [0.3, 0.4) is 0 Å². The van der Waals surface area contributed by atoms with E-state index in [4.69, 9.17) is 10.2 Å². The lowest BCUT2D eigenvalue weighted by Gasteiger charge is -2.04.